The van der Waals surface area contributed by atoms with Gasteiger partial charge in [-0.3, -0.25) is 4.79 Å². The van der Waals surface area contributed by atoms with Crippen LogP contribution in [0.4, 0.5) is 0 Å². The fourth-order valence-electron chi connectivity index (χ4n) is 1.71. The van der Waals surface area contributed by atoms with E-state index in [0.29, 0.717) is 23.6 Å². The first-order valence-electron chi connectivity index (χ1n) is 6.76. The normalized spacial score (nSPS) is 9.90. The van der Waals surface area contributed by atoms with E-state index in [1.165, 1.54) is 12.4 Å². The van der Waals surface area contributed by atoms with E-state index in [2.05, 4.69) is 9.97 Å². The molecule has 0 fully saturated rings. The Hall–Kier alpha value is -2.74. The van der Waals surface area contributed by atoms with E-state index in [9.17, 15) is 4.79 Å². The summed E-state index contributed by atoms with van der Waals surface area (Å²) in [6, 6.07) is 8.95. The predicted molar refractivity (Wildman–Crippen MR) is 77.3 cm³/mol. The van der Waals surface area contributed by atoms with Crippen LogP contribution in [0.1, 0.15) is 31.7 Å². The monoisotopic (exact) mass is 281 g/mol. The van der Waals surface area contributed by atoms with Crippen LogP contribution in [0, 0.1) is 11.3 Å². The second-order valence-electron chi connectivity index (χ2n) is 4.51. The first kappa shape index (κ1) is 14.7. The number of benzene rings is 1. The summed E-state index contributed by atoms with van der Waals surface area (Å²) in [4.78, 5) is 19.7. The maximum Gasteiger partial charge on any atom is 0.311 e. The Bertz CT molecular complexity index is 643. The van der Waals surface area contributed by atoms with Crippen LogP contribution in [-0.2, 0) is 4.79 Å². The number of aromatic nitrogens is 2. The molecule has 5 nitrogen and oxygen atoms in total. The van der Waals surface area contributed by atoms with E-state index in [1.807, 2.05) is 13.0 Å². The van der Waals surface area contributed by atoms with Gasteiger partial charge in [0, 0.05) is 24.4 Å². The molecule has 0 saturated carbocycles. The Morgan fingerprint density at radius 1 is 1.24 bits per heavy atom. The van der Waals surface area contributed by atoms with Crippen molar-refractivity contribution in [3.63, 3.8) is 0 Å². The summed E-state index contributed by atoms with van der Waals surface area (Å²) in [5, 5.41) is 8.70. The topological polar surface area (TPSA) is 75.9 Å². The average Bonchev–Trinajstić information content (AvgIpc) is 2.54. The summed E-state index contributed by atoms with van der Waals surface area (Å²) in [7, 11) is 0. The van der Waals surface area contributed by atoms with Crippen molar-refractivity contribution in [2.45, 2.75) is 26.2 Å². The molecule has 0 aliphatic heterocycles. The molecule has 21 heavy (non-hydrogen) atoms. The smallest absolute Gasteiger partial charge is 0.311 e. The van der Waals surface area contributed by atoms with Gasteiger partial charge in [0.2, 0.25) is 0 Å². The largest absolute Gasteiger partial charge is 0.427 e. The quantitative estimate of drug-likeness (QED) is 0.621. The molecule has 0 atom stereocenters. The van der Waals surface area contributed by atoms with Crippen LogP contribution in [0.25, 0.3) is 11.4 Å². The maximum atomic E-state index is 11.5. The van der Waals surface area contributed by atoms with Crippen LogP contribution >= 0.6 is 0 Å². The maximum absolute atomic E-state index is 11.5. The Balaban J connectivity index is 2.04. The molecule has 0 radical (unpaired) electrons. The highest BCUT2D eigenvalue weighted by Crippen LogP contribution is 2.19. The molecule has 106 valence electrons. The number of ether oxygens (including phenoxy) is 1. The van der Waals surface area contributed by atoms with E-state index in [0.717, 1.165) is 18.4 Å². The number of nitriles is 1. The van der Waals surface area contributed by atoms with Crippen LogP contribution in [0.15, 0.2) is 36.7 Å². The number of carbonyl (C=O) groups is 1. The van der Waals surface area contributed by atoms with E-state index < -0.39 is 0 Å². The summed E-state index contributed by atoms with van der Waals surface area (Å²) in [6.45, 7) is 2.03. The van der Waals surface area contributed by atoms with Gasteiger partial charge in [-0.1, -0.05) is 13.3 Å². The molecule has 0 amide bonds. The highest BCUT2D eigenvalue weighted by Gasteiger charge is 2.06. The molecule has 5 heteroatoms. The fraction of sp³-hybridized carbons (Fsp3) is 0.250. The van der Waals surface area contributed by atoms with Gasteiger partial charge in [-0.05, 0) is 30.7 Å². The molecule has 0 bridgehead atoms. The minimum Gasteiger partial charge on any atom is -0.427 e. The molecule has 2 rings (SSSR count). The van der Waals surface area contributed by atoms with Crippen LogP contribution in [0.3, 0.4) is 0 Å². The number of rotatable bonds is 5. The van der Waals surface area contributed by atoms with Crippen molar-refractivity contribution >= 4 is 5.97 Å². The van der Waals surface area contributed by atoms with Gasteiger partial charge in [-0.2, -0.15) is 5.26 Å². The molecule has 2 aromatic rings. The highest BCUT2D eigenvalue weighted by molar-refractivity contribution is 5.72. The number of esters is 1. The number of carbonyl (C=O) groups excluding carboxylic acids is 1. The molecular formula is C16H15N3O2. The lowest BCUT2D eigenvalue weighted by Gasteiger charge is -2.05. The predicted octanol–water partition coefficient (Wildman–Crippen LogP) is 3.11. The molecule has 0 spiro atoms. The third kappa shape index (κ3) is 4.11. The zero-order valence-corrected chi connectivity index (χ0v) is 11.7. The third-order valence-corrected chi connectivity index (χ3v) is 2.86. The Labute approximate surface area is 123 Å². The van der Waals surface area contributed by atoms with Crippen molar-refractivity contribution in [1.29, 1.82) is 5.26 Å². The van der Waals surface area contributed by atoms with Gasteiger partial charge in [-0.25, -0.2) is 9.97 Å². The van der Waals surface area contributed by atoms with Crippen LogP contribution in [-0.4, -0.2) is 15.9 Å². The van der Waals surface area contributed by atoms with E-state index in [4.69, 9.17) is 10.00 Å². The van der Waals surface area contributed by atoms with Gasteiger partial charge in [0.1, 0.15) is 11.8 Å². The zero-order valence-electron chi connectivity index (χ0n) is 11.7. The van der Waals surface area contributed by atoms with Crippen molar-refractivity contribution in [2.24, 2.45) is 0 Å². The number of hydrogen-bond donors (Lipinski definition) is 0. The molecule has 0 aliphatic rings. The van der Waals surface area contributed by atoms with Crippen LogP contribution in [0.5, 0.6) is 5.75 Å². The molecular weight excluding hydrogens is 266 g/mol. The third-order valence-electron chi connectivity index (χ3n) is 2.86. The van der Waals surface area contributed by atoms with Crippen LogP contribution < -0.4 is 4.74 Å². The zero-order chi connectivity index (χ0) is 15.1. The van der Waals surface area contributed by atoms with Crippen molar-refractivity contribution in [1.82, 2.24) is 9.97 Å². The van der Waals surface area contributed by atoms with Gasteiger partial charge >= 0.3 is 5.97 Å². The summed E-state index contributed by atoms with van der Waals surface area (Å²) in [5.74, 6) is 0.811. The highest BCUT2D eigenvalue weighted by atomic mass is 16.5. The van der Waals surface area contributed by atoms with E-state index in [-0.39, 0.29) is 5.97 Å². The lowest BCUT2D eigenvalue weighted by molar-refractivity contribution is -0.134. The second kappa shape index (κ2) is 7.15. The van der Waals surface area contributed by atoms with Crippen molar-refractivity contribution in [3.8, 4) is 23.2 Å². The van der Waals surface area contributed by atoms with E-state index in [1.54, 1.807) is 24.3 Å². The van der Waals surface area contributed by atoms with Gasteiger partial charge < -0.3 is 4.74 Å². The van der Waals surface area contributed by atoms with E-state index >= 15 is 0 Å². The SMILES string of the molecule is CCCCC(=O)Oc1ccc(-c2ncc(C#N)cn2)cc1. The van der Waals surface area contributed by atoms with Gasteiger partial charge in [0.15, 0.2) is 5.82 Å². The Kier molecular flexibility index (Phi) is 4.99. The average molecular weight is 281 g/mol. The summed E-state index contributed by atoms with van der Waals surface area (Å²) < 4.78 is 5.22. The minimum atomic E-state index is -0.223. The molecule has 0 aliphatic carbocycles. The molecule has 0 saturated heterocycles. The molecule has 0 N–H and O–H groups in total. The number of hydrogen-bond acceptors (Lipinski definition) is 5. The standard InChI is InChI=1S/C16H15N3O2/c1-2-3-4-15(20)21-14-7-5-13(6-8-14)16-18-10-12(9-17)11-19-16/h5-8,10-11H,2-4H2,1H3. The molecule has 1 aromatic heterocycles. The van der Waals surface area contributed by atoms with Gasteiger partial charge in [0.05, 0.1) is 5.56 Å². The lowest BCUT2D eigenvalue weighted by Crippen LogP contribution is -2.07. The minimum absolute atomic E-state index is 0.223. The van der Waals surface area contributed by atoms with Crippen molar-refractivity contribution in [3.05, 3.63) is 42.2 Å². The first-order valence-corrected chi connectivity index (χ1v) is 6.76. The molecule has 1 heterocycles. The fourth-order valence-corrected chi connectivity index (χ4v) is 1.71. The van der Waals surface area contributed by atoms with Crippen molar-refractivity contribution < 1.29 is 9.53 Å². The lowest BCUT2D eigenvalue weighted by atomic mass is 10.2. The number of unbranched alkanes of at least 4 members (excludes halogenated alkanes) is 1. The Morgan fingerprint density at radius 2 is 1.90 bits per heavy atom. The van der Waals surface area contributed by atoms with Gasteiger partial charge in [0.25, 0.3) is 0 Å². The van der Waals surface area contributed by atoms with Crippen LogP contribution in [0.2, 0.25) is 0 Å². The van der Waals surface area contributed by atoms with Gasteiger partial charge in [-0.15, -0.1) is 0 Å². The Morgan fingerprint density at radius 3 is 2.48 bits per heavy atom. The summed E-state index contributed by atoms with van der Waals surface area (Å²) >= 11 is 0. The van der Waals surface area contributed by atoms with Crippen molar-refractivity contribution in [2.75, 3.05) is 0 Å². The summed E-state index contributed by atoms with van der Waals surface area (Å²) in [6.07, 6.45) is 5.17. The molecule has 0 unspecified atom stereocenters. The first-order chi connectivity index (χ1) is 10.2. The second-order valence-corrected chi connectivity index (χ2v) is 4.51. The molecule has 1 aromatic carbocycles. The summed E-state index contributed by atoms with van der Waals surface area (Å²) in [5.41, 5.74) is 1.22. The number of nitrogens with zero attached hydrogens (tertiary/aromatic N) is 3.